The monoisotopic (exact) mass is 395 g/mol. The van der Waals surface area contributed by atoms with Crippen LogP contribution in [0, 0.1) is 5.92 Å². The van der Waals surface area contributed by atoms with Gasteiger partial charge in [-0.15, -0.1) is 10.2 Å². The second-order valence-corrected chi connectivity index (χ2v) is 8.16. The van der Waals surface area contributed by atoms with Crippen LogP contribution in [0.1, 0.15) is 32.6 Å². The van der Waals surface area contributed by atoms with Gasteiger partial charge in [0, 0.05) is 17.3 Å². The largest absolute Gasteiger partial charge is 0.355 e. The van der Waals surface area contributed by atoms with Crippen molar-refractivity contribution in [3.8, 4) is 5.69 Å². The molecule has 1 aromatic heterocycles. The molecule has 0 aliphatic rings. The van der Waals surface area contributed by atoms with E-state index in [1.54, 1.807) is 0 Å². The lowest BCUT2D eigenvalue weighted by atomic mass is 10.2. The number of carbonyl (C=O) groups is 1. The molecule has 0 aliphatic carbocycles. The van der Waals surface area contributed by atoms with Crippen LogP contribution in [0.5, 0.6) is 0 Å². The molecule has 26 heavy (non-hydrogen) atoms. The van der Waals surface area contributed by atoms with Crippen LogP contribution in [-0.4, -0.2) is 52.0 Å². The van der Waals surface area contributed by atoms with Gasteiger partial charge in [0.2, 0.25) is 5.91 Å². The fraction of sp³-hybridized carbons (Fsp3) is 0.500. The van der Waals surface area contributed by atoms with Crippen molar-refractivity contribution in [2.45, 2.75) is 32.0 Å². The van der Waals surface area contributed by atoms with E-state index in [2.05, 4.69) is 41.2 Å². The SMILES string of the molecule is CC(C)CNC(=O)CSc1nnc(C(C)N(C)C)n1-c1ccc(Cl)cc1. The van der Waals surface area contributed by atoms with Crippen LogP contribution >= 0.6 is 23.4 Å². The van der Waals surface area contributed by atoms with Gasteiger partial charge in [-0.2, -0.15) is 0 Å². The van der Waals surface area contributed by atoms with Gasteiger partial charge in [-0.25, -0.2) is 0 Å². The molecule has 2 aromatic rings. The van der Waals surface area contributed by atoms with Crippen LogP contribution in [-0.2, 0) is 4.79 Å². The standard InChI is InChI=1S/C18H26ClN5OS/c1-12(2)10-20-16(25)11-26-18-22-21-17(13(3)23(4)5)24(18)15-8-6-14(19)7-9-15/h6-9,12-13H,10-11H2,1-5H3,(H,20,25). The summed E-state index contributed by atoms with van der Waals surface area (Å²) in [5.74, 6) is 1.54. The molecule has 1 amide bonds. The summed E-state index contributed by atoms with van der Waals surface area (Å²) < 4.78 is 1.99. The summed E-state index contributed by atoms with van der Waals surface area (Å²) in [5.41, 5.74) is 0.924. The minimum atomic E-state index is -0.00318. The van der Waals surface area contributed by atoms with Crippen LogP contribution < -0.4 is 5.32 Å². The maximum Gasteiger partial charge on any atom is 0.230 e. The first kappa shape index (κ1) is 20.7. The summed E-state index contributed by atoms with van der Waals surface area (Å²) in [6.45, 7) is 6.88. The Hall–Kier alpha value is -1.57. The highest BCUT2D eigenvalue weighted by Gasteiger charge is 2.21. The summed E-state index contributed by atoms with van der Waals surface area (Å²) in [6, 6.07) is 7.61. The van der Waals surface area contributed by atoms with Crippen molar-refractivity contribution in [3.63, 3.8) is 0 Å². The Morgan fingerprint density at radius 1 is 1.23 bits per heavy atom. The fourth-order valence-corrected chi connectivity index (χ4v) is 3.12. The Morgan fingerprint density at radius 2 is 1.88 bits per heavy atom. The Kier molecular flexibility index (Phi) is 7.49. The van der Waals surface area contributed by atoms with E-state index in [1.807, 2.05) is 42.9 Å². The van der Waals surface area contributed by atoms with Crippen molar-refractivity contribution in [1.82, 2.24) is 25.0 Å². The Morgan fingerprint density at radius 3 is 2.46 bits per heavy atom. The van der Waals surface area contributed by atoms with Gasteiger partial charge in [-0.3, -0.25) is 14.3 Å². The zero-order valence-corrected chi connectivity index (χ0v) is 17.4. The van der Waals surface area contributed by atoms with Gasteiger partial charge in [0.05, 0.1) is 11.8 Å². The summed E-state index contributed by atoms with van der Waals surface area (Å²) in [7, 11) is 4.00. The maximum absolute atomic E-state index is 12.0. The van der Waals surface area contributed by atoms with Crippen LogP contribution in [0.15, 0.2) is 29.4 Å². The molecule has 1 N–H and O–H groups in total. The average Bonchev–Trinajstić information content (AvgIpc) is 3.01. The first-order valence-corrected chi connectivity index (χ1v) is 9.93. The molecule has 0 fully saturated rings. The quantitative estimate of drug-likeness (QED) is 0.694. The van der Waals surface area contributed by atoms with Crippen molar-refractivity contribution in [1.29, 1.82) is 0 Å². The molecular formula is C18H26ClN5OS. The molecule has 6 nitrogen and oxygen atoms in total. The number of thioether (sulfide) groups is 1. The average molecular weight is 396 g/mol. The highest BCUT2D eigenvalue weighted by Crippen LogP contribution is 2.27. The first-order chi connectivity index (χ1) is 12.3. The van der Waals surface area contributed by atoms with E-state index < -0.39 is 0 Å². The maximum atomic E-state index is 12.0. The molecule has 1 aromatic carbocycles. The van der Waals surface area contributed by atoms with Crippen molar-refractivity contribution in [2.24, 2.45) is 5.92 Å². The van der Waals surface area contributed by atoms with Gasteiger partial charge in [0.1, 0.15) is 0 Å². The Labute approximate surface area is 164 Å². The van der Waals surface area contributed by atoms with Crippen LogP contribution in [0.2, 0.25) is 5.02 Å². The third kappa shape index (κ3) is 5.46. The molecule has 0 saturated heterocycles. The second-order valence-electron chi connectivity index (χ2n) is 6.78. The van der Waals surface area contributed by atoms with Gasteiger partial charge in [0.15, 0.2) is 11.0 Å². The summed E-state index contributed by atoms with van der Waals surface area (Å²) >= 11 is 7.40. The van der Waals surface area contributed by atoms with Crippen molar-refractivity contribution in [2.75, 3.05) is 26.4 Å². The Balaban J connectivity index is 2.25. The zero-order chi connectivity index (χ0) is 19.3. The Bertz CT molecular complexity index is 730. The highest BCUT2D eigenvalue weighted by molar-refractivity contribution is 7.99. The fourth-order valence-electron chi connectivity index (χ4n) is 2.21. The summed E-state index contributed by atoms with van der Waals surface area (Å²) in [5, 5.41) is 13.0. The van der Waals surface area contributed by atoms with E-state index in [4.69, 9.17) is 11.6 Å². The van der Waals surface area contributed by atoms with E-state index in [-0.39, 0.29) is 11.9 Å². The lowest BCUT2D eigenvalue weighted by molar-refractivity contribution is -0.118. The first-order valence-electron chi connectivity index (χ1n) is 8.56. The molecule has 142 valence electrons. The van der Waals surface area contributed by atoms with E-state index in [0.717, 1.165) is 11.5 Å². The number of hydrogen-bond donors (Lipinski definition) is 1. The molecule has 0 saturated carbocycles. The molecule has 0 bridgehead atoms. The smallest absolute Gasteiger partial charge is 0.230 e. The number of hydrogen-bond acceptors (Lipinski definition) is 5. The van der Waals surface area contributed by atoms with E-state index in [1.165, 1.54) is 11.8 Å². The number of halogens is 1. The lowest BCUT2D eigenvalue weighted by Gasteiger charge is -2.20. The third-order valence-electron chi connectivity index (χ3n) is 3.93. The predicted molar refractivity (Wildman–Crippen MR) is 107 cm³/mol. The number of rotatable bonds is 8. The van der Waals surface area contributed by atoms with Gasteiger partial charge in [-0.05, 0) is 51.2 Å². The van der Waals surface area contributed by atoms with Crippen LogP contribution in [0.25, 0.3) is 5.69 Å². The molecular weight excluding hydrogens is 370 g/mol. The second kappa shape index (κ2) is 9.39. The van der Waals surface area contributed by atoms with Crippen molar-refractivity contribution in [3.05, 3.63) is 35.1 Å². The molecule has 2 rings (SSSR count). The topological polar surface area (TPSA) is 63.1 Å². The zero-order valence-electron chi connectivity index (χ0n) is 15.9. The summed E-state index contributed by atoms with van der Waals surface area (Å²) in [4.78, 5) is 14.1. The van der Waals surface area contributed by atoms with Gasteiger partial charge in [0.25, 0.3) is 0 Å². The van der Waals surface area contributed by atoms with Gasteiger partial charge >= 0.3 is 0 Å². The molecule has 0 aliphatic heterocycles. The van der Waals surface area contributed by atoms with Crippen molar-refractivity contribution < 1.29 is 4.79 Å². The number of nitrogens with zero attached hydrogens (tertiary/aromatic N) is 4. The molecule has 1 heterocycles. The number of aromatic nitrogens is 3. The third-order valence-corrected chi connectivity index (χ3v) is 5.11. The van der Waals surface area contributed by atoms with Crippen LogP contribution in [0.3, 0.4) is 0 Å². The molecule has 1 unspecified atom stereocenters. The molecule has 1 atom stereocenters. The highest BCUT2D eigenvalue weighted by atomic mass is 35.5. The lowest BCUT2D eigenvalue weighted by Crippen LogP contribution is -2.28. The van der Waals surface area contributed by atoms with Crippen molar-refractivity contribution >= 4 is 29.3 Å². The molecule has 0 radical (unpaired) electrons. The van der Waals surface area contributed by atoms with E-state index in [0.29, 0.717) is 28.4 Å². The number of amides is 1. The normalized spacial score (nSPS) is 12.6. The van der Waals surface area contributed by atoms with Crippen LogP contribution in [0.4, 0.5) is 0 Å². The number of carbonyl (C=O) groups excluding carboxylic acids is 1. The van der Waals surface area contributed by atoms with Gasteiger partial charge in [-0.1, -0.05) is 37.2 Å². The summed E-state index contributed by atoms with van der Waals surface area (Å²) in [6.07, 6.45) is 0. The number of nitrogens with one attached hydrogen (secondary N) is 1. The number of benzene rings is 1. The van der Waals surface area contributed by atoms with E-state index >= 15 is 0 Å². The predicted octanol–water partition coefficient (Wildman–Crippen LogP) is 3.41. The molecule has 0 spiro atoms. The van der Waals surface area contributed by atoms with Gasteiger partial charge < -0.3 is 5.32 Å². The minimum absolute atomic E-state index is 0.00318. The van der Waals surface area contributed by atoms with E-state index in [9.17, 15) is 4.79 Å². The minimum Gasteiger partial charge on any atom is -0.355 e. The molecule has 8 heteroatoms.